The lowest BCUT2D eigenvalue weighted by Crippen LogP contribution is -2.34. The molecule has 0 radical (unpaired) electrons. The Labute approximate surface area is 96.1 Å². The molecule has 0 amide bonds. The van der Waals surface area contributed by atoms with Crippen LogP contribution >= 0.6 is 11.3 Å². The highest BCUT2D eigenvalue weighted by molar-refractivity contribution is 7.10. The van der Waals surface area contributed by atoms with Crippen molar-refractivity contribution in [2.75, 3.05) is 19.6 Å². The maximum Gasteiger partial charge on any atom is 0.0564 e. The van der Waals surface area contributed by atoms with Gasteiger partial charge in [0.05, 0.1) is 6.04 Å². The van der Waals surface area contributed by atoms with Crippen molar-refractivity contribution in [3.63, 3.8) is 0 Å². The average molecular weight is 224 g/mol. The van der Waals surface area contributed by atoms with Crippen LogP contribution in [0.15, 0.2) is 17.5 Å². The summed E-state index contributed by atoms with van der Waals surface area (Å²) in [5, 5.41) is 2.15. The van der Waals surface area contributed by atoms with Crippen molar-refractivity contribution in [1.82, 2.24) is 4.90 Å². The summed E-state index contributed by atoms with van der Waals surface area (Å²) in [6.45, 7) is 3.19. The van der Waals surface area contributed by atoms with Gasteiger partial charge in [0.25, 0.3) is 0 Å². The molecule has 1 aromatic rings. The van der Waals surface area contributed by atoms with E-state index in [1.165, 1.54) is 43.6 Å². The quantitative estimate of drug-likeness (QED) is 0.855. The Bertz CT molecular complexity index is 263. The SMILES string of the molecule is NC[C@@H](c1cccs1)N1CCCCCC1. The first-order valence-electron chi connectivity index (χ1n) is 5.89. The molecular formula is C12H20N2S. The summed E-state index contributed by atoms with van der Waals surface area (Å²) in [5.74, 6) is 0. The molecule has 0 unspecified atom stereocenters. The van der Waals surface area contributed by atoms with Gasteiger partial charge >= 0.3 is 0 Å². The molecule has 1 aromatic heterocycles. The van der Waals surface area contributed by atoms with Crippen LogP contribution in [-0.2, 0) is 0 Å². The summed E-state index contributed by atoms with van der Waals surface area (Å²) < 4.78 is 0. The first kappa shape index (κ1) is 11.1. The molecule has 0 spiro atoms. The molecule has 1 aliphatic rings. The molecule has 2 nitrogen and oxygen atoms in total. The predicted octanol–water partition coefficient (Wildman–Crippen LogP) is 2.62. The van der Waals surface area contributed by atoms with Gasteiger partial charge in [-0.05, 0) is 37.4 Å². The summed E-state index contributed by atoms with van der Waals surface area (Å²) in [6.07, 6.45) is 5.44. The standard InChI is InChI=1S/C12H20N2S/c13-10-11(12-6-5-9-15-12)14-7-3-1-2-4-8-14/h5-6,9,11H,1-4,7-8,10,13H2/t11-/m0/s1. The first-order valence-corrected chi connectivity index (χ1v) is 6.77. The summed E-state index contributed by atoms with van der Waals surface area (Å²) in [5.41, 5.74) is 5.91. The van der Waals surface area contributed by atoms with Crippen LogP contribution in [0.2, 0.25) is 0 Å². The third-order valence-electron chi connectivity index (χ3n) is 3.18. The number of hydrogen-bond acceptors (Lipinski definition) is 3. The van der Waals surface area contributed by atoms with Crippen LogP contribution in [0.5, 0.6) is 0 Å². The highest BCUT2D eigenvalue weighted by atomic mass is 32.1. The first-order chi connectivity index (χ1) is 7.42. The molecule has 1 aliphatic heterocycles. The Hall–Kier alpha value is -0.380. The largest absolute Gasteiger partial charge is 0.329 e. The summed E-state index contributed by atoms with van der Waals surface area (Å²) in [4.78, 5) is 4.00. The number of likely N-dealkylation sites (tertiary alicyclic amines) is 1. The van der Waals surface area contributed by atoms with Crippen LogP contribution < -0.4 is 5.73 Å². The van der Waals surface area contributed by atoms with Crippen molar-refractivity contribution in [3.05, 3.63) is 22.4 Å². The molecule has 15 heavy (non-hydrogen) atoms. The van der Waals surface area contributed by atoms with Crippen molar-refractivity contribution in [1.29, 1.82) is 0 Å². The maximum absolute atomic E-state index is 5.91. The third-order valence-corrected chi connectivity index (χ3v) is 4.15. The Morgan fingerprint density at radius 2 is 2.00 bits per heavy atom. The lowest BCUT2D eigenvalue weighted by atomic mass is 10.2. The van der Waals surface area contributed by atoms with Gasteiger partial charge in [0.1, 0.15) is 0 Å². The van der Waals surface area contributed by atoms with Crippen LogP contribution in [-0.4, -0.2) is 24.5 Å². The van der Waals surface area contributed by atoms with Gasteiger partial charge in [0.2, 0.25) is 0 Å². The second-order valence-electron chi connectivity index (χ2n) is 4.22. The normalized spacial score (nSPS) is 21.1. The molecule has 0 aliphatic carbocycles. The van der Waals surface area contributed by atoms with Crippen LogP contribution in [0.25, 0.3) is 0 Å². The highest BCUT2D eigenvalue weighted by Crippen LogP contribution is 2.26. The molecular weight excluding hydrogens is 204 g/mol. The van der Waals surface area contributed by atoms with E-state index in [1.54, 1.807) is 0 Å². The zero-order chi connectivity index (χ0) is 10.5. The van der Waals surface area contributed by atoms with Crippen LogP contribution in [0.3, 0.4) is 0 Å². The minimum Gasteiger partial charge on any atom is -0.329 e. The van der Waals surface area contributed by atoms with E-state index < -0.39 is 0 Å². The van der Waals surface area contributed by atoms with E-state index in [0.717, 1.165) is 6.54 Å². The Balaban J connectivity index is 2.04. The fraction of sp³-hybridized carbons (Fsp3) is 0.667. The lowest BCUT2D eigenvalue weighted by molar-refractivity contribution is 0.212. The topological polar surface area (TPSA) is 29.3 Å². The number of nitrogens with zero attached hydrogens (tertiary/aromatic N) is 1. The van der Waals surface area contributed by atoms with E-state index in [9.17, 15) is 0 Å². The minimum absolute atomic E-state index is 0.461. The molecule has 84 valence electrons. The maximum atomic E-state index is 5.91. The molecule has 2 rings (SSSR count). The molecule has 3 heteroatoms. The number of rotatable bonds is 3. The summed E-state index contributed by atoms with van der Waals surface area (Å²) >= 11 is 1.83. The zero-order valence-electron chi connectivity index (χ0n) is 9.19. The molecule has 1 saturated heterocycles. The Kier molecular flexibility index (Phi) is 4.18. The van der Waals surface area contributed by atoms with Crippen LogP contribution in [0.4, 0.5) is 0 Å². The smallest absolute Gasteiger partial charge is 0.0564 e. The van der Waals surface area contributed by atoms with Crippen molar-refractivity contribution in [2.24, 2.45) is 5.73 Å². The highest BCUT2D eigenvalue weighted by Gasteiger charge is 2.20. The number of nitrogens with two attached hydrogens (primary N) is 1. The van der Waals surface area contributed by atoms with Gasteiger partial charge in [-0.3, -0.25) is 4.90 Å². The third kappa shape index (κ3) is 2.80. The van der Waals surface area contributed by atoms with Crippen molar-refractivity contribution in [3.8, 4) is 0 Å². The predicted molar refractivity (Wildman–Crippen MR) is 66.2 cm³/mol. The van der Waals surface area contributed by atoms with Gasteiger partial charge in [-0.25, -0.2) is 0 Å². The van der Waals surface area contributed by atoms with E-state index in [0.29, 0.717) is 6.04 Å². The van der Waals surface area contributed by atoms with Crippen molar-refractivity contribution >= 4 is 11.3 Å². The molecule has 2 heterocycles. The van der Waals surface area contributed by atoms with Gasteiger partial charge in [0.15, 0.2) is 0 Å². The Morgan fingerprint density at radius 1 is 1.27 bits per heavy atom. The van der Waals surface area contributed by atoms with E-state index in [2.05, 4.69) is 22.4 Å². The number of hydrogen-bond donors (Lipinski definition) is 1. The summed E-state index contributed by atoms with van der Waals surface area (Å²) in [7, 11) is 0. The van der Waals surface area contributed by atoms with Crippen LogP contribution in [0.1, 0.15) is 36.6 Å². The monoisotopic (exact) mass is 224 g/mol. The fourth-order valence-corrected chi connectivity index (χ4v) is 3.21. The van der Waals surface area contributed by atoms with E-state index in [1.807, 2.05) is 11.3 Å². The molecule has 1 atom stereocenters. The van der Waals surface area contributed by atoms with Gasteiger partial charge in [-0.1, -0.05) is 18.9 Å². The fourth-order valence-electron chi connectivity index (χ4n) is 2.33. The number of thiophene rings is 1. The van der Waals surface area contributed by atoms with Gasteiger partial charge in [-0.15, -0.1) is 11.3 Å². The molecule has 0 bridgehead atoms. The zero-order valence-corrected chi connectivity index (χ0v) is 10.0. The van der Waals surface area contributed by atoms with Crippen molar-refractivity contribution < 1.29 is 0 Å². The molecule has 2 N–H and O–H groups in total. The average Bonchev–Trinajstić information content (AvgIpc) is 2.63. The molecule has 1 fully saturated rings. The second-order valence-corrected chi connectivity index (χ2v) is 5.20. The van der Waals surface area contributed by atoms with E-state index in [4.69, 9.17) is 5.73 Å². The lowest BCUT2D eigenvalue weighted by Gasteiger charge is -2.28. The van der Waals surface area contributed by atoms with Gasteiger partial charge in [0, 0.05) is 11.4 Å². The summed E-state index contributed by atoms with van der Waals surface area (Å²) in [6, 6.07) is 4.80. The van der Waals surface area contributed by atoms with Crippen LogP contribution in [0, 0.1) is 0 Å². The Morgan fingerprint density at radius 3 is 2.53 bits per heavy atom. The van der Waals surface area contributed by atoms with E-state index >= 15 is 0 Å². The van der Waals surface area contributed by atoms with Gasteiger partial charge < -0.3 is 5.73 Å². The van der Waals surface area contributed by atoms with Crippen molar-refractivity contribution in [2.45, 2.75) is 31.7 Å². The molecule has 0 aromatic carbocycles. The second kappa shape index (κ2) is 5.64. The van der Waals surface area contributed by atoms with Gasteiger partial charge in [-0.2, -0.15) is 0 Å². The van der Waals surface area contributed by atoms with E-state index in [-0.39, 0.29) is 0 Å². The molecule has 0 saturated carbocycles. The minimum atomic E-state index is 0.461.